The van der Waals surface area contributed by atoms with Crippen molar-refractivity contribution < 1.29 is 28.6 Å². The lowest BCUT2D eigenvalue weighted by Crippen LogP contribution is -2.29. The number of aromatic nitrogens is 1. The van der Waals surface area contributed by atoms with Crippen molar-refractivity contribution in [2.75, 3.05) is 11.5 Å². The van der Waals surface area contributed by atoms with Crippen LogP contribution < -0.4 is 4.90 Å². The molecule has 1 unspecified atom stereocenters. The zero-order valence-electron chi connectivity index (χ0n) is 19.0. The normalized spacial score (nSPS) is 17.2. The number of thiazole rings is 1. The van der Waals surface area contributed by atoms with Gasteiger partial charge in [-0.2, -0.15) is 0 Å². The Hall–Kier alpha value is -3.37. The second kappa shape index (κ2) is 9.71. The van der Waals surface area contributed by atoms with Crippen LogP contribution in [0.4, 0.5) is 9.52 Å². The largest absolute Gasteiger partial charge is 0.507 e. The number of carbonyl (C=O) groups is 3. The molecule has 180 valence electrons. The first-order valence-corrected chi connectivity index (χ1v) is 12.2. The Bertz CT molecular complexity index is 1380. The van der Waals surface area contributed by atoms with E-state index in [4.69, 9.17) is 4.74 Å². The number of esters is 1. The summed E-state index contributed by atoms with van der Waals surface area (Å²) in [6.07, 6.45) is 0. The summed E-state index contributed by atoms with van der Waals surface area (Å²) in [5, 5.41) is 11.2. The van der Waals surface area contributed by atoms with Crippen LogP contribution in [0.3, 0.4) is 0 Å². The number of halogens is 2. The molecule has 0 spiro atoms. The Morgan fingerprint density at radius 2 is 1.89 bits per heavy atom. The smallest absolute Gasteiger partial charge is 0.350 e. The van der Waals surface area contributed by atoms with E-state index in [0.717, 1.165) is 26.8 Å². The Morgan fingerprint density at radius 3 is 2.51 bits per heavy atom. The van der Waals surface area contributed by atoms with Crippen molar-refractivity contribution in [2.45, 2.75) is 26.8 Å². The van der Waals surface area contributed by atoms with E-state index >= 15 is 0 Å². The number of carbonyl (C=O) groups excluding carboxylic acids is 3. The van der Waals surface area contributed by atoms with Gasteiger partial charge in [0, 0.05) is 10.0 Å². The van der Waals surface area contributed by atoms with Gasteiger partial charge in [-0.3, -0.25) is 14.5 Å². The third-order valence-corrected chi connectivity index (χ3v) is 7.19. The fraction of sp³-hybridized carbons (Fsp3) is 0.200. The number of benzene rings is 2. The molecular weight excluding hydrogens is 539 g/mol. The fourth-order valence-corrected chi connectivity index (χ4v) is 5.01. The Labute approximate surface area is 213 Å². The molecule has 1 aliphatic heterocycles. The molecular formula is C25H20BrFN2O5S. The number of aliphatic hydroxyl groups excluding tert-OH is 1. The van der Waals surface area contributed by atoms with E-state index in [0.29, 0.717) is 16.8 Å². The number of hydrogen-bond acceptors (Lipinski definition) is 7. The highest BCUT2D eigenvalue weighted by Crippen LogP contribution is 2.44. The summed E-state index contributed by atoms with van der Waals surface area (Å²) in [5.74, 6) is -3.51. The molecule has 0 aliphatic carbocycles. The van der Waals surface area contributed by atoms with Gasteiger partial charge < -0.3 is 9.84 Å². The zero-order chi connectivity index (χ0) is 25.4. The van der Waals surface area contributed by atoms with Crippen LogP contribution in [0.2, 0.25) is 0 Å². The van der Waals surface area contributed by atoms with Gasteiger partial charge in [-0.1, -0.05) is 51.5 Å². The van der Waals surface area contributed by atoms with Gasteiger partial charge in [-0.15, -0.1) is 0 Å². The molecule has 35 heavy (non-hydrogen) atoms. The predicted octanol–water partition coefficient (Wildman–Crippen LogP) is 5.46. The van der Waals surface area contributed by atoms with Gasteiger partial charge in [0.1, 0.15) is 16.5 Å². The number of nitrogens with zero attached hydrogens (tertiary/aromatic N) is 2. The number of Topliss-reactive ketones (excluding diaryl/α,β-unsaturated/α-hetero) is 1. The van der Waals surface area contributed by atoms with Gasteiger partial charge >= 0.3 is 11.9 Å². The Morgan fingerprint density at radius 1 is 1.20 bits per heavy atom. The van der Waals surface area contributed by atoms with Crippen molar-refractivity contribution in [1.29, 1.82) is 0 Å². The van der Waals surface area contributed by atoms with E-state index in [1.165, 1.54) is 12.1 Å². The van der Waals surface area contributed by atoms with Crippen LogP contribution in [0.5, 0.6) is 0 Å². The molecule has 0 radical (unpaired) electrons. The average molecular weight is 559 g/mol. The molecule has 1 aliphatic rings. The third-order valence-electron chi connectivity index (χ3n) is 5.53. The second-order valence-corrected chi connectivity index (χ2v) is 9.71. The molecule has 0 bridgehead atoms. The van der Waals surface area contributed by atoms with Gasteiger partial charge in [-0.25, -0.2) is 14.2 Å². The molecule has 2 heterocycles. The molecule has 7 nitrogen and oxygen atoms in total. The maximum atomic E-state index is 14.2. The van der Waals surface area contributed by atoms with E-state index < -0.39 is 35.3 Å². The van der Waals surface area contributed by atoms with Crippen LogP contribution in [0.15, 0.2) is 52.5 Å². The molecule has 0 saturated carbocycles. The van der Waals surface area contributed by atoms with Gasteiger partial charge in [0.25, 0.3) is 5.78 Å². The van der Waals surface area contributed by atoms with Crippen LogP contribution in [0, 0.1) is 19.7 Å². The fourth-order valence-electron chi connectivity index (χ4n) is 3.76. The lowest BCUT2D eigenvalue weighted by atomic mass is 9.95. The molecule has 1 amide bonds. The molecule has 1 N–H and O–H groups in total. The molecule has 10 heteroatoms. The number of anilines is 1. The first kappa shape index (κ1) is 24.7. The molecule has 1 atom stereocenters. The standard InChI is InChI=1S/C25H20BrFN2O5S/c1-4-34-24(33)22-13(3)28-25(35-22)29-19(14-7-9-16(26)10-8-14)18(21(31)23(29)32)20(30)15-6-5-12(2)17(27)11-15/h5-11,19,30H,4H2,1-3H3/b20-18+. The Kier molecular flexibility index (Phi) is 6.86. The topological polar surface area (TPSA) is 96.8 Å². The summed E-state index contributed by atoms with van der Waals surface area (Å²) >= 11 is 4.28. The number of aliphatic hydroxyl groups is 1. The number of ketones is 1. The number of rotatable bonds is 5. The van der Waals surface area contributed by atoms with Gasteiger partial charge in [0.2, 0.25) is 0 Å². The monoisotopic (exact) mass is 558 g/mol. The van der Waals surface area contributed by atoms with Crippen LogP contribution in [0.25, 0.3) is 5.76 Å². The maximum absolute atomic E-state index is 14.2. The van der Waals surface area contributed by atoms with Crippen molar-refractivity contribution in [3.63, 3.8) is 0 Å². The molecule has 4 rings (SSSR count). The van der Waals surface area contributed by atoms with Crippen molar-refractivity contribution >= 4 is 55.8 Å². The predicted molar refractivity (Wildman–Crippen MR) is 133 cm³/mol. The second-order valence-electron chi connectivity index (χ2n) is 7.82. The van der Waals surface area contributed by atoms with Crippen LogP contribution in [0.1, 0.15) is 45.0 Å². The summed E-state index contributed by atoms with van der Waals surface area (Å²) in [4.78, 5) is 44.5. The van der Waals surface area contributed by atoms with Crippen molar-refractivity contribution in [3.05, 3.63) is 85.6 Å². The van der Waals surface area contributed by atoms with Gasteiger partial charge in [0.15, 0.2) is 5.13 Å². The van der Waals surface area contributed by atoms with Crippen molar-refractivity contribution in [2.24, 2.45) is 0 Å². The first-order chi connectivity index (χ1) is 16.6. The van der Waals surface area contributed by atoms with Crippen LogP contribution >= 0.6 is 27.3 Å². The number of amides is 1. The van der Waals surface area contributed by atoms with E-state index in [1.54, 1.807) is 45.0 Å². The lowest BCUT2D eigenvalue weighted by molar-refractivity contribution is -0.132. The highest BCUT2D eigenvalue weighted by molar-refractivity contribution is 9.10. The molecule has 1 fully saturated rings. The lowest BCUT2D eigenvalue weighted by Gasteiger charge is -2.23. The highest BCUT2D eigenvalue weighted by atomic mass is 79.9. The Balaban J connectivity index is 1.92. The van der Waals surface area contributed by atoms with Crippen molar-refractivity contribution in [3.8, 4) is 0 Å². The highest BCUT2D eigenvalue weighted by Gasteiger charge is 2.48. The number of ether oxygens (including phenoxy) is 1. The quantitative estimate of drug-likeness (QED) is 0.193. The SMILES string of the molecule is CCOC(=O)c1sc(N2C(=O)C(=O)/C(=C(/O)c3ccc(C)c(F)c3)C2c2ccc(Br)cc2)nc1C. The molecule has 3 aromatic rings. The van der Waals surface area contributed by atoms with E-state index in [2.05, 4.69) is 20.9 Å². The minimum absolute atomic E-state index is 0.0655. The summed E-state index contributed by atoms with van der Waals surface area (Å²) in [5.41, 5.74) is 1.10. The maximum Gasteiger partial charge on any atom is 0.350 e. The van der Waals surface area contributed by atoms with E-state index in [1.807, 2.05) is 0 Å². The summed E-state index contributed by atoms with van der Waals surface area (Å²) in [6.45, 7) is 5.02. The first-order valence-electron chi connectivity index (χ1n) is 10.6. The summed E-state index contributed by atoms with van der Waals surface area (Å²) in [7, 11) is 0. The average Bonchev–Trinajstić information content (AvgIpc) is 3.33. The number of aryl methyl sites for hydroxylation is 2. The minimum atomic E-state index is -1.05. The molecule has 1 aromatic heterocycles. The van der Waals surface area contributed by atoms with Crippen molar-refractivity contribution in [1.82, 2.24) is 4.98 Å². The summed E-state index contributed by atoms with van der Waals surface area (Å²) in [6, 6.07) is 9.89. The number of hydrogen-bond donors (Lipinski definition) is 1. The van der Waals surface area contributed by atoms with E-state index in [-0.39, 0.29) is 27.8 Å². The zero-order valence-corrected chi connectivity index (χ0v) is 21.4. The van der Waals surface area contributed by atoms with Gasteiger partial charge in [-0.05, 0) is 50.1 Å². The summed E-state index contributed by atoms with van der Waals surface area (Å²) < 4.78 is 20.1. The van der Waals surface area contributed by atoms with Crippen LogP contribution in [-0.4, -0.2) is 34.4 Å². The van der Waals surface area contributed by atoms with Gasteiger partial charge in [0.05, 0.1) is 23.9 Å². The van der Waals surface area contributed by atoms with Crippen LogP contribution in [-0.2, 0) is 14.3 Å². The minimum Gasteiger partial charge on any atom is -0.507 e. The van der Waals surface area contributed by atoms with E-state index in [9.17, 15) is 23.9 Å². The molecule has 2 aromatic carbocycles. The molecule has 1 saturated heterocycles. The third kappa shape index (κ3) is 4.51.